The van der Waals surface area contributed by atoms with Crippen LogP contribution in [0.4, 0.5) is 5.69 Å². The summed E-state index contributed by atoms with van der Waals surface area (Å²) in [4.78, 5) is 11.9. The Hall–Kier alpha value is -1.36. The molecule has 0 saturated carbocycles. The Balaban J connectivity index is 2.53. The number of benzene rings is 1. The number of amides is 1. The maximum atomic E-state index is 11.9. The lowest BCUT2D eigenvalue weighted by Crippen LogP contribution is -2.28. The first-order chi connectivity index (χ1) is 8.41. The van der Waals surface area contributed by atoms with E-state index in [1.165, 1.54) is 0 Å². The van der Waals surface area contributed by atoms with Gasteiger partial charge in [-0.15, -0.1) is 0 Å². The van der Waals surface area contributed by atoms with Crippen molar-refractivity contribution in [2.75, 3.05) is 18.5 Å². The number of aryl methyl sites for hydroxylation is 1. The predicted octanol–water partition coefficient (Wildman–Crippen LogP) is 1.46. The fourth-order valence-electron chi connectivity index (χ4n) is 1.59. The maximum Gasteiger partial charge on any atom is 0.251 e. The number of hydrogen-bond donors (Lipinski definition) is 2. The molecule has 1 rings (SSSR count). The minimum absolute atomic E-state index is 0.0952. The summed E-state index contributed by atoms with van der Waals surface area (Å²) in [6.45, 7) is 4.30. The van der Waals surface area contributed by atoms with Gasteiger partial charge in [0.15, 0.2) is 0 Å². The molecule has 1 amide bonds. The maximum absolute atomic E-state index is 11.9. The van der Waals surface area contributed by atoms with Gasteiger partial charge in [0.2, 0.25) is 0 Å². The Morgan fingerprint density at radius 1 is 1.50 bits per heavy atom. The number of carbonyl (C=O) groups excluding carboxylic acids is 1. The highest BCUT2D eigenvalue weighted by Gasteiger charge is 2.10. The summed E-state index contributed by atoms with van der Waals surface area (Å²) >= 11 is 0. The van der Waals surface area contributed by atoms with Crippen molar-refractivity contribution in [1.29, 1.82) is 0 Å². The van der Waals surface area contributed by atoms with E-state index < -0.39 is 10.8 Å². The molecule has 0 aliphatic rings. The molecule has 0 aliphatic carbocycles. The van der Waals surface area contributed by atoms with Crippen molar-refractivity contribution in [3.05, 3.63) is 29.3 Å². The topological polar surface area (TPSA) is 72.2 Å². The number of carbonyl (C=O) groups is 1. The third-order valence-corrected chi connectivity index (χ3v) is 4.27. The molecule has 3 N–H and O–H groups in total. The fraction of sp³-hybridized carbons (Fsp3) is 0.462. The molecule has 100 valence electrons. The molecule has 0 fully saturated rings. The molecule has 4 nitrogen and oxygen atoms in total. The van der Waals surface area contributed by atoms with Gasteiger partial charge in [-0.3, -0.25) is 9.00 Å². The zero-order valence-corrected chi connectivity index (χ0v) is 11.8. The van der Waals surface area contributed by atoms with E-state index in [4.69, 9.17) is 5.73 Å². The molecule has 18 heavy (non-hydrogen) atoms. The lowest BCUT2D eigenvalue weighted by molar-refractivity contribution is 0.0952. The summed E-state index contributed by atoms with van der Waals surface area (Å²) in [6, 6.07) is 5.21. The van der Waals surface area contributed by atoms with Crippen LogP contribution in [0.3, 0.4) is 0 Å². The summed E-state index contributed by atoms with van der Waals surface area (Å²) < 4.78 is 11.2. The highest BCUT2D eigenvalue weighted by molar-refractivity contribution is 7.84. The summed E-state index contributed by atoms with van der Waals surface area (Å²) in [5.41, 5.74) is 7.78. The van der Waals surface area contributed by atoms with Crippen molar-refractivity contribution >= 4 is 22.4 Å². The van der Waals surface area contributed by atoms with Crippen molar-refractivity contribution in [2.24, 2.45) is 0 Å². The number of hydrogen-bond acceptors (Lipinski definition) is 3. The summed E-state index contributed by atoms with van der Waals surface area (Å²) in [5, 5.41) is 2.93. The van der Waals surface area contributed by atoms with Gasteiger partial charge in [0.25, 0.3) is 5.91 Å². The van der Waals surface area contributed by atoms with Crippen molar-refractivity contribution in [1.82, 2.24) is 5.32 Å². The van der Waals surface area contributed by atoms with E-state index in [1.54, 1.807) is 24.5 Å². The molecule has 1 aromatic carbocycles. The van der Waals surface area contributed by atoms with E-state index in [-0.39, 0.29) is 11.2 Å². The van der Waals surface area contributed by atoms with Crippen LogP contribution >= 0.6 is 0 Å². The van der Waals surface area contributed by atoms with E-state index in [2.05, 4.69) is 5.32 Å². The molecule has 0 aromatic heterocycles. The summed E-state index contributed by atoms with van der Waals surface area (Å²) in [6.07, 6.45) is 2.39. The number of nitrogens with two attached hydrogens (primary N) is 1. The minimum Gasteiger partial charge on any atom is -0.399 e. The van der Waals surface area contributed by atoms with Crippen LogP contribution in [0, 0.1) is 6.92 Å². The molecule has 0 bridgehead atoms. The molecule has 0 spiro atoms. The predicted molar refractivity (Wildman–Crippen MR) is 76.1 cm³/mol. The molecule has 2 atom stereocenters. The second kappa shape index (κ2) is 6.54. The Bertz CT molecular complexity index is 460. The second-order valence-corrected chi connectivity index (χ2v) is 6.23. The Morgan fingerprint density at radius 2 is 2.17 bits per heavy atom. The van der Waals surface area contributed by atoms with Crippen LogP contribution in [-0.2, 0) is 10.8 Å². The number of rotatable bonds is 5. The van der Waals surface area contributed by atoms with Crippen LogP contribution in [0.5, 0.6) is 0 Å². The smallest absolute Gasteiger partial charge is 0.251 e. The average Bonchev–Trinajstić information content (AvgIpc) is 2.28. The van der Waals surface area contributed by atoms with E-state index >= 15 is 0 Å². The Kier molecular flexibility index (Phi) is 5.34. The van der Waals surface area contributed by atoms with E-state index in [1.807, 2.05) is 13.8 Å². The van der Waals surface area contributed by atoms with Crippen molar-refractivity contribution < 1.29 is 9.00 Å². The van der Waals surface area contributed by atoms with Crippen LogP contribution in [0.15, 0.2) is 18.2 Å². The number of nitrogens with one attached hydrogen (secondary N) is 1. The normalized spacial score (nSPS) is 13.9. The molecule has 0 aliphatic heterocycles. The van der Waals surface area contributed by atoms with Crippen LogP contribution in [0.25, 0.3) is 0 Å². The Morgan fingerprint density at radius 3 is 2.72 bits per heavy atom. The third-order valence-electron chi connectivity index (χ3n) is 2.90. The van der Waals surface area contributed by atoms with Gasteiger partial charge < -0.3 is 11.1 Å². The van der Waals surface area contributed by atoms with Crippen LogP contribution in [0.2, 0.25) is 0 Å². The van der Waals surface area contributed by atoms with Gasteiger partial charge in [0.05, 0.1) is 0 Å². The van der Waals surface area contributed by atoms with Crippen molar-refractivity contribution in [3.8, 4) is 0 Å². The standard InChI is InChI=1S/C13H20N2O2S/c1-9-8-11(14)4-5-12(9)13(16)15-7-6-10(2)18(3)17/h4-5,8,10H,6-7,14H2,1-3H3,(H,15,16). The first-order valence-electron chi connectivity index (χ1n) is 5.88. The monoisotopic (exact) mass is 268 g/mol. The van der Waals surface area contributed by atoms with E-state index in [0.29, 0.717) is 24.2 Å². The first-order valence-corrected chi connectivity index (χ1v) is 7.50. The first kappa shape index (κ1) is 14.7. The van der Waals surface area contributed by atoms with Gasteiger partial charge in [-0.05, 0) is 37.1 Å². The largest absolute Gasteiger partial charge is 0.399 e. The van der Waals surface area contributed by atoms with Gasteiger partial charge in [-0.2, -0.15) is 0 Å². The highest BCUT2D eigenvalue weighted by atomic mass is 32.2. The molecule has 5 heteroatoms. The second-order valence-electron chi connectivity index (χ2n) is 4.43. The lowest BCUT2D eigenvalue weighted by Gasteiger charge is -2.10. The zero-order chi connectivity index (χ0) is 13.7. The zero-order valence-electron chi connectivity index (χ0n) is 11.0. The van der Waals surface area contributed by atoms with Crippen LogP contribution in [-0.4, -0.2) is 28.2 Å². The number of anilines is 1. The fourth-order valence-corrected chi connectivity index (χ4v) is 2.04. The number of nitrogen functional groups attached to an aromatic ring is 1. The summed E-state index contributed by atoms with van der Waals surface area (Å²) in [7, 11) is -0.845. The Labute approximate surface area is 110 Å². The van der Waals surface area contributed by atoms with Crippen LogP contribution in [0.1, 0.15) is 29.3 Å². The molecular formula is C13H20N2O2S. The average molecular weight is 268 g/mol. The summed E-state index contributed by atoms with van der Waals surface area (Å²) in [5.74, 6) is -0.110. The SMILES string of the molecule is Cc1cc(N)ccc1C(=O)NCCC(C)S(C)=O. The van der Waals surface area contributed by atoms with Gasteiger partial charge in [0.1, 0.15) is 0 Å². The van der Waals surface area contributed by atoms with Gasteiger partial charge in [-0.25, -0.2) is 0 Å². The molecule has 1 aromatic rings. The van der Waals surface area contributed by atoms with E-state index in [0.717, 1.165) is 5.56 Å². The third kappa shape index (κ3) is 4.14. The lowest BCUT2D eigenvalue weighted by atomic mass is 10.1. The highest BCUT2D eigenvalue weighted by Crippen LogP contribution is 2.12. The molecule has 0 saturated heterocycles. The van der Waals surface area contributed by atoms with Crippen LogP contribution < -0.4 is 11.1 Å². The van der Waals surface area contributed by atoms with Gasteiger partial charge in [0, 0.05) is 40.1 Å². The van der Waals surface area contributed by atoms with Crippen molar-refractivity contribution in [2.45, 2.75) is 25.5 Å². The minimum atomic E-state index is -0.845. The molecule has 0 heterocycles. The molecular weight excluding hydrogens is 248 g/mol. The van der Waals surface area contributed by atoms with Crippen molar-refractivity contribution in [3.63, 3.8) is 0 Å². The van der Waals surface area contributed by atoms with Gasteiger partial charge >= 0.3 is 0 Å². The molecule has 0 radical (unpaired) electrons. The quantitative estimate of drug-likeness (QED) is 0.794. The van der Waals surface area contributed by atoms with Gasteiger partial charge in [-0.1, -0.05) is 6.92 Å². The molecule has 2 unspecified atom stereocenters. The van der Waals surface area contributed by atoms with E-state index in [9.17, 15) is 9.00 Å².